The van der Waals surface area contributed by atoms with Crippen molar-refractivity contribution in [3.63, 3.8) is 0 Å². The van der Waals surface area contributed by atoms with Crippen LogP contribution in [0.3, 0.4) is 0 Å². The Morgan fingerprint density at radius 2 is 1.69 bits per heavy atom. The van der Waals surface area contributed by atoms with Crippen LogP contribution < -0.4 is 0 Å². The van der Waals surface area contributed by atoms with Crippen LogP contribution in [-0.2, 0) is 4.79 Å². The Morgan fingerprint density at radius 1 is 1.12 bits per heavy atom. The van der Waals surface area contributed by atoms with E-state index in [1.807, 2.05) is 0 Å². The van der Waals surface area contributed by atoms with Crippen LogP contribution in [0.4, 0.5) is 0 Å². The summed E-state index contributed by atoms with van der Waals surface area (Å²) in [5.41, 5.74) is -0.138. The molecule has 1 aliphatic carbocycles. The Hall–Kier alpha value is -0.330. The predicted octanol–water partition coefficient (Wildman–Crippen LogP) is 4.60. The Morgan fingerprint density at radius 3 is 2.12 bits per heavy atom. The zero-order valence-electron chi connectivity index (χ0n) is 11.5. The first-order valence-corrected chi connectivity index (χ1v) is 6.99. The summed E-state index contributed by atoms with van der Waals surface area (Å²) < 4.78 is 0. The van der Waals surface area contributed by atoms with E-state index in [0.29, 0.717) is 11.7 Å². The molecule has 0 aromatic rings. The van der Waals surface area contributed by atoms with Crippen molar-refractivity contribution in [1.82, 2.24) is 0 Å². The van der Waals surface area contributed by atoms with Crippen molar-refractivity contribution in [2.75, 3.05) is 0 Å². The first-order valence-electron chi connectivity index (χ1n) is 6.99. The minimum atomic E-state index is -0.138. The molecule has 0 atom stereocenters. The minimum absolute atomic E-state index is 0.138. The third-order valence-electron chi connectivity index (χ3n) is 3.92. The van der Waals surface area contributed by atoms with E-state index in [4.69, 9.17) is 0 Å². The molecule has 0 unspecified atom stereocenters. The van der Waals surface area contributed by atoms with E-state index >= 15 is 0 Å². The zero-order valence-corrected chi connectivity index (χ0v) is 11.5. The minimum Gasteiger partial charge on any atom is -0.299 e. The van der Waals surface area contributed by atoms with E-state index in [2.05, 4.69) is 27.7 Å². The van der Waals surface area contributed by atoms with Crippen LogP contribution in [0.2, 0.25) is 0 Å². The first kappa shape index (κ1) is 13.7. The maximum Gasteiger partial charge on any atom is 0.141 e. The fourth-order valence-corrected chi connectivity index (χ4v) is 2.82. The highest BCUT2D eigenvalue weighted by atomic mass is 16.1. The Kier molecular flexibility index (Phi) is 5.01. The van der Waals surface area contributed by atoms with E-state index < -0.39 is 0 Å². The largest absolute Gasteiger partial charge is 0.299 e. The van der Waals surface area contributed by atoms with Crippen molar-refractivity contribution in [2.24, 2.45) is 17.3 Å². The highest BCUT2D eigenvalue weighted by molar-refractivity contribution is 5.85. The molecular weight excluding hydrogens is 196 g/mol. The van der Waals surface area contributed by atoms with Crippen LogP contribution in [0.15, 0.2) is 0 Å². The molecule has 0 saturated heterocycles. The quantitative estimate of drug-likeness (QED) is 0.682. The standard InChI is InChI=1S/C15H28O/c1-5-6-7-12-8-10-13(11-9-12)14(16)15(2,3)4/h12-13H,5-11H2,1-4H3. The number of hydrogen-bond donors (Lipinski definition) is 0. The summed E-state index contributed by atoms with van der Waals surface area (Å²) >= 11 is 0. The average molecular weight is 224 g/mol. The lowest BCUT2D eigenvalue weighted by atomic mass is 9.73. The molecule has 0 spiro atoms. The van der Waals surface area contributed by atoms with Crippen LogP contribution in [-0.4, -0.2) is 5.78 Å². The number of rotatable bonds is 4. The predicted molar refractivity (Wildman–Crippen MR) is 69.4 cm³/mol. The van der Waals surface area contributed by atoms with Gasteiger partial charge in [0.15, 0.2) is 0 Å². The Bertz CT molecular complexity index is 216. The number of carbonyl (C=O) groups excluding carboxylic acids is 1. The SMILES string of the molecule is CCCCC1CCC(C(=O)C(C)(C)C)CC1. The average Bonchev–Trinajstić information content (AvgIpc) is 2.25. The second-order valence-corrected chi connectivity index (χ2v) is 6.47. The molecule has 1 fully saturated rings. The Balaban J connectivity index is 2.34. The highest BCUT2D eigenvalue weighted by Crippen LogP contribution is 2.35. The second-order valence-electron chi connectivity index (χ2n) is 6.47. The number of Topliss-reactive ketones (excluding diaryl/α,β-unsaturated/α-hetero) is 1. The van der Waals surface area contributed by atoms with E-state index in [-0.39, 0.29) is 5.41 Å². The van der Waals surface area contributed by atoms with Crippen LogP contribution in [0.5, 0.6) is 0 Å². The van der Waals surface area contributed by atoms with Crippen molar-refractivity contribution in [2.45, 2.75) is 72.6 Å². The number of unbranched alkanes of at least 4 members (excludes halogenated alkanes) is 1. The number of ketones is 1. The van der Waals surface area contributed by atoms with E-state index in [1.54, 1.807) is 0 Å². The van der Waals surface area contributed by atoms with Gasteiger partial charge in [-0.15, -0.1) is 0 Å². The molecule has 0 heterocycles. The third-order valence-corrected chi connectivity index (χ3v) is 3.92. The van der Waals surface area contributed by atoms with Gasteiger partial charge in [-0.3, -0.25) is 4.79 Å². The zero-order chi connectivity index (χ0) is 12.2. The molecule has 1 aliphatic rings. The lowest BCUT2D eigenvalue weighted by Crippen LogP contribution is -2.31. The smallest absolute Gasteiger partial charge is 0.141 e. The first-order chi connectivity index (χ1) is 7.45. The molecule has 1 nitrogen and oxygen atoms in total. The van der Waals surface area contributed by atoms with E-state index in [0.717, 1.165) is 18.8 Å². The van der Waals surface area contributed by atoms with Crippen molar-refractivity contribution in [1.29, 1.82) is 0 Å². The fourth-order valence-electron chi connectivity index (χ4n) is 2.82. The van der Waals surface area contributed by atoms with Gasteiger partial charge in [-0.25, -0.2) is 0 Å². The van der Waals surface area contributed by atoms with E-state index in [9.17, 15) is 4.79 Å². The molecule has 94 valence electrons. The van der Waals surface area contributed by atoms with Gasteiger partial charge in [0.25, 0.3) is 0 Å². The maximum atomic E-state index is 12.1. The fraction of sp³-hybridized carbons (Fsp3) is 0.933. The molecule has 0 aromatic heterocycles. The van der Waals surface area contributed by atoms with Gasteiger partial charge in [0.1, 0.15) is 5.78 Å². The van der Waals surface area contributed by atoms with Crippen molar-refractivity contribution in [3.8, 4) is 0 Å². The number of carbonyl (C=O) groups is 1. The van der Waals surface area contributed by atoms with Gasteiger partial charge in [-0.05, 0) is 31.6 Å². The normalized spacial score (nSPS) is 26.8. The van der Waals surface area contributed by atoms with Gasteiger partial charge in [-0.1, -0.05) is 47.0 Å². The van der Waals surface area contributed by atoms with E-state index in [1.165, 1.54) is 32.1 Å². The van der Waals surface area contributed by atoms with Crippen LogP contribution in [0, 0.1) is 17.3 Å². The van der Waals surface area contributed by atoms with Crippen molar-refractivity contribution < 1.29 is 4.79 Å². The molecule has 0 aliphatic heterocycles. The molecule has 0 amide bonds. The molecule has 0 N–H and O–H groups in total. The van der Waals surface area contributed by atoms with Crippen LogP contribution >= 0.6 is 0 Å². The molecule has 0 radical (unpaired) electrons. The van der Waals surface area contributed by atoms with Gasteiger partial charge >= 0.3 is 0 Å². The maximum absolute atomic E-state index is 12.1. The lowest BCUT2D eigenvalue weighted by molar-refractivity contribution is -0.131. The summed E-state index contributed by atoms with van der Waals surface area (Å²) in [6.07, 6.45) is 8.91. The van der Waals surface area contributed by atoms with Crippen molar-refractivity contribution in [3.05, 3.63) is 0 Å². The summed E-state index contributed by atoms with van der Waals surface area (Å²) in [6, 6.07) is 0. The molecule has 16 heavy (non-hydrogen) atoms. The molecule has 1 heteroatoms. The van der Waals surface area contributed by atoms with Crippen LogP contribution in [0.25, 0.3) is 0 Å². The van der Waals surface area contributed by atoms with Crippen molar-refractivity contribution >= 4 is 5.78 Å². The summed E-state index contributed by atoms with van der Waals surface area (Å²) in [5.74, 6) is 1.75. The summed E-state index contributed by atoms with van der Waals surface area (Å²) in [5, 5.41) is 0. The molecule has 1 saturated carbocycles. The summed E-state index contributed by atoms with van der Waals surface area (Å²) in [4.78, 5) is 12.1. The Labute approximate surface area is 101 Å². The monoisotopic (exact) mass is 224 g/mol. The molecular formula is C15H28O. The van der Waals surface area contributed by atoms with Gasteiger partial charge in [0.05, 0.1) is 0 Å². The summed E-state index contributed by atoms with van der Waals surface area (Å²) in [7, 11) is 0. The third kappa shape index (κ3) is 3.92. The summed E-state index contributed by atoms with van der Waals surface area (Å²) in [6.45, 7) is 8.42. The molecule has 1 rings (SSSR count). The van der Waals surface area contributed by atoms with Crippen LogP contribution in [0.1, 0.15) is 72.6 Å². The highest BCUT2D eigenvalue weighted by Gasteiger charge is 2.32. The lowest BCUT2D eigenvalue weighted by Gasteiger charge is -2.31. The van der Waals surface area contributed by atoms with Gasteiger partial charge in [0, 0.05) is 11.3 Å². The van der Waals surface area contributed by atoms with Gasteiger partial charge < -0.3 is 0 Å². The molecule has 0 bridgehead atoms. The van der Waals surface area contributed by atoms with Gasteiger partial charge in [0.2, 0.25) is 0 Å². The topological polar surface area (TPSA) is 17.1 Å². The van der Waals surface area contributed by atoms with Gasteiger partial charge in [-0.2, -0.15) is 0 Å². The second kappa shape index (κ2) is 5.84. The number of hydrogen-bond acceptors (Lipinski definition) is 1. The molecule has 0 aromatic carbocycles.